The largest absolute Gasteiger partial charge is 0.480 e. The van der Waals surface area contributed by atoms with Gasteiger partial charge in [-0.1, -0.05) is 54.1 Å². The molecule has 0 bridgehead atoms. The Morgan fingerprint density at radius 2 is 1.82 bits per heavy atom. The first-order valence-electron chi connectivity index (χ1n) is 12.6. The van der Waals surface area contributed by atoms with E-state index in [4.69, 9.17) is 16.3 Å². The number of piperazine rings is 1. The quantitative estimate of drug-likeness (QED) is 0.302. The van der Waals surface area contributed by atoms with Crippen molar-refractivity contribution in [3.05, 3.63) is 86.0 Å². The third kappa shape index (κ3) is 5.10. The van der Waals surface area contributed by atoms with Crippen LogP contribution in [0.1, 0.15) is 5.56 Å². The van der Waals surface area contributed by atoms with E-state index in [0.29, 0.717) is 30.2 Å². The number of benzene rings is 2. The van der Waals surface area contributed by atoms with Gasteiger partial charge < -0.3 is 20.1 Å². The van der Waals surface area contributed by atoms with Crippen LogP contribution < -0.4 is 21.5 Å². The number of rotatable bonds is 8. The Morgan fingerprint density at radius 1 is 1.10 bits per heavy atom. The van der Waals surface area contributed by atoms with Gasteiger partial charge in [0.05, 0.1) is 17.8 Å². The summed E-state index contributed by atoms with van der Waals surface area (Å²) in [6, 6.07) is 15.4. The summed E-state index contributed by atoms with van der Waals surface area (Å²) in [6.45, 7) is 0.346. The molecule has 1 aliphatic heterocycles. The first-order valence-corrected chi connectivity index (χ1v) is 13.0. The number of aryl methyl sites for hydroxylation is 1. The molecule has 2 aromatic heterocycles. The molecule has 12 nitrogen and oxygen atoms in total. The molecule has 208 valence electrons. The highest BCUT2D eigenvalue weighted by atomic mass is 35.5. The van der Waals surface area contributed by atoms with Crippen molar-refractivity contribution in [1.82, 2.24) is 24.0 Å². The number of aliphatic carboxylic acids is 1. The zero-order valence-electron chi connectivity index (χ0n) is 21.6. The first kappa shape index (κ1) is 27.2. The number of fused-ring (bicyclic) bond motifs is 1. The average Bonchev–Trinajstić information content (AvgIpc) is 3.36. The molecule has 4 aromatic rings. The summed E-state index contributed by atoms with van der Waals surface area (Å²) < 4.78 is 8.56. The molecule has 2 aromatic carbocycles. The fraction of sp³-hybridized carbons (Fsp3) is 0.296. The number of nitrogens with one attached hydrogen (secondary N) is 1. The Bertz CT molecular complexity index is 1700. The molecule has 0 amide bonds. The SMILES string of the molecule is COC(=O)Cn1c(=O)n(CCc2ccccc2)c(=O)c2c1nc(N1CCNC(C(=O)O)C1)n2-c1ccccc1Cl. The van der Waals surface area contributed by atoms with E-state index in [0.717, 1.165) is 14.7 Å². The second-order valence-corrected chi connectivity index (χ2v) is 9.71. The second kappa shape index (κ2) is 11.4. The van der Waals surface area contributed by atoms with Gasteiger partial charge in [0.15, 0.2) is 11.2 Å². The van der Waals surface area contributed by atoms with Crippen molar-refractivity contribution in [2.75, 3.05) is 31.6 Å². The van der Waals surface area contributed by atoms with Crippen molar-refractivity contribution in [2.24, 2.45) is 0 Å². The highest BCUT2D eigenvalue weighted by molar-refractivity contribution is 6.32. The van der Waals surface area contributed by atoms with Crippen LogP contribution in [0.2, 0.25) is 5.02 Å². The van der Waals surface area contributed by atoms with Gasteiger partial charge in [-0.25, -0.2) is 4.79 Å². The number of carboxylic acid groups (broad SMARTS) is 1. The van der Waals surface area contributed by atoms with Crippen molar-refractivity contribution >= 4 is 40.7 Å². The van der Waals surface area contributed by atoms with Crippen LogP contribution in [-0.2, 0) is 33.8 Å². The van der Waals surface area contributed by atoms with Crippen LogP contribution in [0, 0.1) is 0 Å². The number of methoxy groups -OCH3 is 1. The number of esters is 1. The molecule has 1 aliphatic rings. The lowest BCUT2D eigenvalue weighted by atomic mass is 10.1. The van der Waals surface area contributed by atoms with Gasteiger partial charge in [-0.05, 0) is 24.1 Å². The number of hydrogen-bond donors (Lipinski definition) is 2. The van der Waals surface area contributed by atoms with E-state index in [2.05, 4.69) is 10.3 Å². The Morgan fingerprint density at radius 3 is 2.52 bits per heavy atom. The van der Waals surface area contributed by atoms with Crippen LogP contribution >= 0.6 is 11.6 Å². The molecule has 0 saturated carbocycles. The number of carbonyl (C=O) groups excluding carboxylic acids is 1. The van der Waals surface area contributed by atoms with E-state index in [1.807, 2.05) is 30.3 Å². The summed E-state index contributed by atoms with van der Waals surface area (Å²) in [5, 5.41) is 12.9. The van der Waals surface area contributed by atoms with Gasteiger partial charge in [0.1, 0.15) is 12.6 Å². The molecular weight excluding hydrogens is 540 g/mol. The zero-order valence-corrected chi connectivity index (χ0v) is 22.4. The Kier molecular flexibility index (Phi) is 7.71. The standard InChI is InChI=1S/C27H27ClN6O6/c1-40-21(35)16-33-23-22(24(36)32(27(33)39)13-11-17-7-3-2-4-8-17)34(20-10-6-5-9-18(20)28)26(30-23)31-14-12-29-19(15-31)25(37)38/h2-10,19,29H,11-16H2,1H3,(H,37,38). The van der Waals surface area contributed by atoms with Gasteiger partial charge in [-0.15, -0.1) is 0 Å². The van der Waals surface area contributed by atoms with E-state index < -0.39 is 35.8 Å². The summed E-state index contributed by atoms with van der Waals surface area (Å²) in [5.74, 6) is -1.50. The maximum absolute atomic E-state index is 14.1. The van der Waals surface area contributed by atoms with Gasteiger partial charge in [-0.2, -0.15) is 4.98 Å². The number of aromatic nitrogens is 4. The molecule has 1 fully saturated rings. The minimum atomic E-state index is -1.03. The van der Waals surface area contributed by atoms with Crippen molar-refractivity contribution in [3.63, 3.8) is 0 Å². The van der Waals surface area contributed by atoms with Gasteiger partial charge >= 0.3 is 17.6 Å². The van der Waals surface area contributed by atoms with Crippen LogP contribution in [0.3, 0.4) is 0 Å². The highest BCUT2D eigenvalue weighted by Gasteiger charge is 2.31. The molecule has 0 radical (unpaired) electrons. The van der Waals surface area contributed by atoms with Crippen LogP contribution in [0.4, 0.5) is 5.95 Å². The van der Waals surface area contributed by atoms with E-state index in [-0.39, 0.29) is 30.2 Å². The fourth-order valence-electron chi connectivity index (χ4n) is 4.82. The molecule has 3 heterocycles. The Hall–Kier alpha value is -4.42. The Balaban J connectivity index is 1.78. The Labute approximate surface area is 233 Å². The number of para-hydroxylation sites is 1. The van der Waals surface area contributed by atoms with Crippen molar-refractivity contribution in [3.8, 4) is 5.69 Å². The third-order valence-corrected chi connectivity index (χ3v) is 7.16. The monoisotopic (exact) mass is 566 g/mol. The summed E-state index contributed by atoms with van der Waals surface area (Å²) in [5.41, 5.74) is 0.0246. The van der Waals surface area contributed by atoms with Crippen LogP contribution in [0.15, 0.2) is 64.2 Å². The van der Waals surface area contributed by atoms with Crippen molar-refractivity contribution in [2.45, 2.75) is 25.6 Å². The van der Waals surface area contributed by atoms with E-state index in [9.17, 15) is 24.3 Å². The molecule has 0 spiro atoms. The number of anilines is 1. The average molecular weight is 567 g/mol. The molecule has 1 unspecified atom stereocenters. The zero-order chi connectivity index (χ0) is 28.4. The van der Waals surface area contributed by atoms with Crippen LogP contribution in [0.25, 0.3) is 16.9 Å². The minimum Gasteiger partial charge on any atom is -0.480 e. The second-order valence-electron chi connectivity index (χ2n) is 9.30. The third-order valence-electron chi connectivity index (χ3n) is 6.84. The molecule has 13 heteroatoms. The number of halogens is 1. The predicted molar refractivity (Wildman–Crippen MR) is 148 cm³/mol. The molecular formula is C27H27ClN6O6. The number of carboxylic acids is 1. The normalized spacial score (nSPS) is 15.3. The number of carbonyl (C=O) groups is 2. The predicted octanol–water partition coefficient (Wildman–Crippen LogP) is 1.28. The fourth-order valence-corrected chi connectivity index (χ4v) is 5.04. The van der Waals surface area contributed by atoms with Gasteiger partial charge in [0, 0.05) is 26.2 Å². The summed E-state index contributed by atoms with van der Waals surface area (Å²) in [4.78, 5) is 58.3. The maximum atomic E-state index is 14.1. The molecule has 0 aliphatic carbocycles. The molecule has 1 saturated heterocycles. The minimum absolute atomic E-state index is 0.0308. The van der Waals surface area contributed by atoms with Crippen molar-refractivity contribution < 1.29 is 19.4 Å². The van der Waals surface area contributed by atoms with Crippen molar-refractivity contribution in [1.29, 1.82) is 0 Å². The van der Waals surface area contributed by atoms with E-state index in [1.54, 1.807) is 29.2 Å². The lowest BCUT2D eigenvalue weighted by Crippen LogP contribution is -2.54. The number of hydrogen-bond acceptors (Lipinski definition) is 8. The number of ether oxygens (including phenoxy) is 1. The number of nitrogens with zero attached hydrogens (tertiary/aromatic N) is 5. The van der Waals surface area contributed by atoms with Gasteiger partial charge in [0.25, 0.3) is 5.56 Å². The van der Waals surface area contributed by atoms with Gasteiger partial charge in [0.2, 0.25) is 5.95 Å². The lowest BCUT2D eigenvalue weighted by molar-refractivity contribution is -0.141. The van der Waals surface area contributed by atoms with Crippen LogP contribution in [-0.4, -0.2) is 68.5 Å². The molecule has 40 heavy (non-hydrogen) atoms. The molecule has 1 atom stereocenters. The maximum Gasteiger partial charge on any atom is 0.333 e. The van der Waals surface area contributed by atoms with Crippen LogP contribution in [0.5, 0.6) is 0 Å². The smallest absolute Gasteiger partial charge is 0.333 e. The van der Waals surface area contributed by atoms with E-state index in [1.165, 1.54) is 11.7 Å². The molecule has 2 N–H and O–H groups in total. The lowest BCUT2D eigenvalue weighted by Gasteiger charge is -2.32. The summed E-state index contributed by atoms with van der Waals surface area (Å²) in [7, 11) is 1.20. The topological polar surface area (TPSA) is 141 Å². The highest BCUT2D eigenvalue weighted by Crippen LogP contribution is 2.30. The number of imidazole rings is 1. The molecule has 5 rings (SSSR count). The first-order chi connectivity index (χ1) is 19.3. The summed E-state index contributed by atoms with van der Waals surface area (Å²) >= 11 is 6.59. The summed E-state index contributed by atoms with van der Waals surface area (Å²) in [6.07, 6.45) is 0.394. The van der Waals surface area contributed by atoms with Gasteiger partial charge in [-0.3, -0.25) is 28.1 Å². The van der Waals surface area contributed by atoms with E-state index >= 15 is 0 Å².